The number of Topliss-reactive ketones (excluding diaryl/α,β-unsaturated/α-hetero) is 1. The number of pyridine rings is 1. The minimum absolute atomic E-state index is 0.165. The molecule has 2 heterocycles. The predicted octanol–water partition coefficient (Wildman–Crippen LogP) is 4.57. The number of esters is 1. The number of aromatic nitrogens is 1. The van der Waals surface area contributed by atoms with Crippen LogP contribution in [0.4, 0.5) is 0 Å². The van der Waals surface area contributed by atoms with Crippen molar-refractivity contribution in [2.45, 2.75) is 0 Å². The zero-order chi connectivity index (χ0) is 18.8. The lowest BCUT2D eigenvalue weighted by atomic mass is 10.1. The van der Waals surface area contributed by atoms with Gasteiger partial charge in [0.2, 0.25) is 5.78 Å². The van der Waals surface area contributed by atoms with Crippen LogP contribution >= 0.6 is 11.6 Å². The molecule has 0 fully saturated rings. The third kappa shape index (κ3) is 3.45. The Balaban J connectivity index is 1.57. The van der Waals surface area contributed by atoms with Gasteiger partial charge in [0.15, 0.2) is 5.76 Å². The van der Waals surface area contributed by atoms with Gasteiger partial charge in [-0.15, -0.1) is 0 Å². The van der Waals surface area contributed by atoms with Crippen molar-refractivity contribution in [2.24, 2.45) is 0 Å². The summed E-state index contributed by atoms with van der Waals surface area (Å²) >= 11 is 6.01. The third-order valence-electron chi connectivity index (χ3n) is 3.91. The molecule has 5 nitrogen and oxygen atoms in total. The molecule has 132 valence electrons. The number of halogens is 1. The van der Waals surface area contributed by atoms with Gasteiger partial charge in [0, 0.05) is 18.3 Å². The molecule has 1 aliphatic heterocycles. The molecular weight excluding hydrogens is 366 g/mol. The van der Waals surface area contributed by atoms with E-state index in [1.54, 1.807) is 60.8 Å². The molecule has 0 amide bonds. The van der Waals surface area contributed by atoms with Crippen LogP contribution in [0.1, 0.15) is 26.4 Å². The summed E-state index contributed by atoms with van der Waals surface area (Å²) in [7, 11) is 0. The van der Waals surface area contributed by atoms with Crippen molar-refractivity contribution in [3.8, 4) is 11.5 Å². The van der Waals surface area contributed by atoms with E-state index in [0.717, 1.165) is 0 Å². The Morgan fingerprint density at radius 1 is 1.07 bits per heavy atom. The van der Waals surface area contributed by atoms with E-state index in [-0.39, 0.29) is 22.9 Å². The zero-order valence-electron chi connectivity index (χ0n) is 13.9. The molecule has 4 rings (SSSR count). The molecule has 0 saturated heterocycles. The maximum Gasteiger partial charge on any atom is 0.345 e. The molecule has 1 aromatic heterocycles. The van der Waals surface area contributed by atoms with Gasteiger partial charge in [-0.05, 0) is 36.4 Å². The number of rotatable bonds is 3. The van der Waals surface area contributed by atoms with Crippen LogP contribution in [-0.2, 0) is 0 Å². The molecule has 0 atom stereocenters. The van der Waals surface area contributed by atoms with Crippen molar-refractivity contribution in [3.63, 3.8) is 0 Å². The van der Waals surface area contributed by atoms with E-state index in [9.17, 15) is 9.59 Å². The highest BCUT2D eigenvalue weighted by molar-refractivity contribution is 6.33. The number of carbonyl (C=O) groups excluding carboxylic acids is 2. The van der Waals surface area contributed by atoms with Gasteiger partial charge in [-0.2, -0.15) is 0 Å². The summed E-state index contributed by atoms with van der Waals surface area (Å²) in [6, 6.07) is 16.6. The van der Waals surface area contributed by atoms with Crippen molar-refractivity contribution in [3.05, 3.63) is 94.5 Å². The average molecular weight is 378 g/mol. The van der Waals surface area contributed by atoms with Gasteiger partial charge in [-0.25, -0.2) is 4.79 Å². The molecule has 1 aliphatic rings. The Morgan fingerprint density at radius 2 is 1.89 bits per heavy atom. The van der Waals surface area contributed by atoms with E-state index in [4.69, 9.17) is 21.1 Å². The van der Waals surface area contributed by atoms with Crippen molar-refractivity contribution >= 4 is 29.4 Å². The molecule has 0 spiro atoms. The molecule has 0 saturated carbocycles. The second kappa shape index (κ2) is 7.05. The molecule has 2 aromatic carbocycles. The van der Waals surface area contributed by atoms with Crippen LogP contribution in [0.5, 0.6) is 11.5 Å². The number of hydrogen-bond acceptors (Lipinski definition) is 5. The fourth-order valence-electron chi connectivity index (χ4n) is 2.62. The third-order valence-corrected chi connectivity index (χ3v) is 4.24. The number of allylic oxidation sites excluding steroid dienone is 1. The predicted molar refractivity (Wildman–Crippen MR) is 100 cm³/mol. The van der Waals surface area contributed by atoms with Gasteiger partial charge in [0.25, 0.3) is 0 Å². The van der Waals surface area contributed by atoms with Crippen LogP contribution in [0, 0.1) is 0 Å². The molecule has 0 radical (unpaired) electrons. The lowest BCUT2D eigenvalue weighted by molar-refractivity contribution is 0.0734. The van der Waals surface area contributed by atoms with Gasteiger partial charge in [0.1, 0.15) is 11.5 Å². The lowest BCUT2D eigenvalue weighted by Crippen LogP contribution is -2.09. The van der Waals surface area contributed by atoms with Crippen molar-refractivity contribution in [2.75, 3.05) is 0 Å². The normalized spacial score (nSPS) is 14.0. The van der Waals surface area contributed by atoms with Crippen molar-refractivity contribution < 1.29 is 19.1 Å². The molecule has 3 aromatic rings. The number of nitrogens with zero attached hydrogens (tertiary/aromatic N) is 1. The summed E-state index contributed by atoms with van der Waals surface area (Å²) in [6.45, 7) is 0. The van der Waals surface area contributed by atoms with Gasteiger partial charge in [-0.3, -0.25) is 9.78 Å². The zero-order valence-corrected chi connectivity index (χ0v) is 14.6. The van der Waals surface area contributed by atoms with Gasteiger partial charge < -0.3 is 9.47 Å². The summed E-state index contributed by atoms with van der Waals surface area (Å²) in [6.07, 6.45) is 3.20. The van der Waals surface area contributed by atoms with Crippen molar-refractivity contribution in [1.82, 2.24) is 4.98 Å². The molecule has 0 bridgehead atoms. The van der Waals surface area contributed by atoms with Crippen LogP contribution in [0.2, 0.25) is 5.02 Å². The molecule has 27 heavy (non-hydrogen) atoms. The minimum Gasteiger partial charge on any atom is -0.452 e. The van der Waals surface area contributed by atoms with E-state index in [0.29, 0.717) is 22.0 Å². The Labute approximate surface area is 159 Å². The fraction of sp³-hybridized carbons (Fsp3) is 0. The number of benzene rings is 2. The Bertz CT molecular complexity index is 1080. The van der Waals surface area contributed by atoms with Crippen LogP contribution < -0.4 is 9.47 Å². The maximum absolute atomic E-state index is 12.5. The standard InChI is InChI=1S/C21H12ClNO4/c22-17-7-2-1-6-15(17)21(25)26-14-8-9-16-18(12-14)27-19(20(16)24)11-13-5-3-4-10-23-13/h1-12H/b19-11-. The molecule has 0 unspecified atom stereocenters. The Morgan fingerprint density at radius 3 is 2.67 bits per heavy atom. The highest BCUT2D eigenvalue weighted by Gasteiger charge is 2.28. The number of ether oxygens (including phenoxy) is 2. The van der Waals surface area contributed by atoms with Crippen LogP contribution in [0.3, 0.4) is 0 Å². The summed E-state index contributed by atoms with van der Waals surface area (Å²) in [5.74, 6) is -0.0933. The number of carbonyl (C=O) groups is 2. The molecule has 6 heteroatoms. The fourth-order valence-corrected chi connectivity index (χ4v) is 2.83. The van der Waals surface area contributed by atoms with E-state index in [2.05, 4.69) is 4.98 Å². The quantitative estimate of drug-likeness (QED) is 0.380. The first-order valence-electron chi connectivity index (χ1n) is 8.08. The number of ketones is 1. The first kappa shape index (κ1) is 17.0. The molecule has 0 N–H and O–H groups in total. The van der Waals surface area contributed by atoms with E-state index in [1.807, 2.05) is 6.07 Å². The summed E-state index contributed by atoms with van der Waals surface area (Å²) in [5, 5.41) is 0.302. The SMILES string of the molecule is O=C(Oc1ccc2c(c1)O/C(=C\c1ccccn1)C2=O)c1ccccc1Cl. The Kier molecular flexibility index (Phi) is 4.44. The topological polar surface area (TPSA) is 65.5 Å². The summed E-state index contributed by atoms with van der Waals surface area (Å²) in [4.78, 5) is 28.9. The first-order valence-corrected chi connectivity index (χ1v) is 8.45. The summed E-state index contributed by atoms with van der Waals surface area (Å²) in [5.41, 5.74) is 1.26. The minimum atomic E-state index is -0.589. The Hall–Kier alpha value is -3.44. The highest BCUT2D eigenvalue weighted by Crippen LogP contribution is 2.35. The van der Waals surface area contributed by atoms with Crippen LogP contribution in [0.25, 0.3) is 6.08 Å². The van der Waals surface area contributed by atoms with E-state index in [1.165, 1.54) is 6.07 Å². The van der Waals surface area contributed by atoms with Gasteiger partial charge >= 0.3 is 5.97 Å². The smallest absolute Gasteiger partial charge is 0.345 e. The van der Waals surface area contributed by atoms with Crippen molar-refractivity contribution in [1.29, 1.82) is 0 Å². The van der Waals surface area contributed by atoms with Crippen LogP contribution in [-0.4, -0.2) is 16.7 Å². The largest absolute Gasteiger partial charge is 0.452 e. The van der Waals surface area contributed by atoms with E-state index >= 15 is 0 Å². The second-order valence-corrected chi connectivity index (χ2v) is 6.13. The van der Waals surface area contributed by atoms with Crippen LogP contribution in [0.15, 0.2) is 72.6 Å². The maximum atomic E-state index is 12.5. The lowest BCUT2D eigenvalue weighted by Gasteiger charge is -2.06. The van der Waals surface area contributed by atoms with Gasteiger partial charge in [0.05, 0.1) is 21.8 Å². The molecule has 0 aliphatic carbocycles. The highest BCUT2D eigenvalue weighted by atomic mass is 35.5. The molecular formula is C21H12ClNO4. The first-order chi connectivity index (χ1) is 13.1. The van der Waals surface area contributed by atoms with E-state index < -0.39 is 5.97 Å². The number of fused-ring (bicyclic) bond motifs is 1. The van der Waals surface area contributed by atoms with Gasteiger partial charge in [-0.1, -0.05) is 29.8 Å². The average Bonchev–Trinajstić information content (AvgIpc) is 2.98. The second-order valence-electron chi connectivity index (χ2n) is 5.72. The number of hydrogen-bond donors (Lipinski definition) is 0. The summed E-state index contributed by atoms with van der Waals surface area (Å²) < 4.78 is 11.0. The monoisotopic (exact) mass is 377 g/mol.